The Bertz CT molecular complexity index is 673. The SMILES string of the molecule is CCCCCCCCCCCCCCCCCCN(CC=Cc1ccccc1)CCCCCCCCCCCCCCCCCC. The number of benzene rings is 1. The van der Waals surface area contributed by atoms with Gasteiger partial charge in [-0.25, -0.2) is 0 Å². The summed E-state index contributed by atoms with van der Waals surface area (Å²) in [7, 11) is 0. The van der Waals surface area contributed by atoms with E-state index >= 15 is 0 Å². The molecule has 0 fully saturated rings. The van der Waals surface area contributed by atoms with Crippen LogP contribution < -0.4 is 0 Å². The van der Waals surface area contributed by atoms with E-state index in [2.05, 4.69) is 61.2 Å². The van der Waals surface area contributed by atoms with Crippen LogP contribution in [0.3, 0.4) is 0 Å². The molecule has 0 heterocycles. The number of hydrogen-bond donors (Lipinski definition) is 0. The number of nitrogens with zero attached hydrogens (tertiary/aromatic N) is 1. The lowest BCUT2D eigenvalue weighted by Gasteiger charge is -2.20. The third-order valence-electron chi connectivity index (χ3n) is 10.1. The topological polar surface area (TPSA) is 3.24 Å². The molecule has 0 spiro atoms. The minimum atomic E-state index is 1.10. The molecule has 268 valence electrons. The first-order valence-electron chi connectivity index (χ1n) is 21.3. The van der Waals surface area contributed by atoms with Crippen LogP contribution in [-0.4, -0.2) is 24.5 Å². The monoisotopic (exact) mass is 638 g/mol. The zero-order valence-corrected chi connectivity index (χ0v) is 31.7. The van der Waals surface area contributed by atoms with Crippen molar-refractivity contribution in [3.63, 3.8) is 0 Å². The number of unbranched alkanes of at least 4 members (excludes halogenated alkanes) is 30. The fraction of sp³-hybridized carbons (Fsp3) is 0.822. The summed E-state index contributed by atoms with van der Waals surface area (Å²) in [5.41, 5.74) is 1.33. The van der Waals surface area contributed by atoms with Crippen molar-refractivity contribution in [2.75, 3.05) is 19.6 Å². The minimum Gasteiger partial charge on any atom is -0.300 e. The van der Waals surface area contributed by atoms with Gasteiger partial charge in [0.1, 0.15) is 0 Å². The molecule has 1 nitrogen and oxygen atoms in total. The first-order valence-corrected chi connectivity index (χ1v) is 21.3. The van der Waals surface area contributed by atoms with Crippen molar-refractivity contribution >= 4 is 6.08 Å². The molecular formula is C45H83N. The molecule has 0 unspecified atom stereocenters. The van der Waals surface area contributed by atoms with Crippen molar-refractivity contribution in [2.45, 2.75) is 219 Å². The van der Waals surface area contributed by atoms with Gasteiger partial charge in [-0.05, 0) is 31.5 Å². The Morgan fingerprint density at radius 1 is 0.370 bits per heavy atom. The van der Waals surface area contributed by atoms with E-state index in [1.165, 1.54) is 224 Å². The van der Waals surface area contributed by atoms with Crippen molar-refractivity contribution in [2.24, 2.45) is 0 Å². The molecule has 1 aromatic carbocycles. The zero-order chi connectivity index (χ0) is 32.9. The maximum atomic E-state index is 2.73. The third-order valence-corrected chi connectivity index (χ3v) is 10.1. The van der Waals surface area contributed by atoms with Gasteiger partial charge >= 0.3 is 0 Å². The van der Waals surface area contributed by atoms with Crippen LogP contribution in [0, 0.1) is 0 Å². The molecule has 0 aliphatic heterocycles. The Kier molecular flexibility index (Phi) is 34.3. The van der Waals surface area contributed by atoms with Crippen molar-refractivity contribution in [3.05, 3.63) is 42.0 Å². The second-order valence-electron chi connectivity index (χ2n) is 14.7. The molecule has 0 radical (unpaired) electrons. The predicted molar refractivity (Wildman–Crippen MR) is 211 cm³/mol. The highest BCUT2D eigenvalue weighted by atomic mass is 15.1. The van der Waals surface area contributed by atoms with Gasteiger partial charge in [-0.1, -0.05) is 249 Å². The summed E-state index contributed by atoms with van der Waals surface area (Å²) in [4.78, 5) is 2.73. The molecule has 0 amide bonds. The van der Waals surface area contributed by atoms with E-state index < -0.39 is 0 Å². The molecule has 0 saturated heterocycles. The maximum absolute atomic E-state index is 2.73. The molecule has 0 bridgehead atoms. The van der Waals surface area contributed by atoms with Gasteiger partial charge in [-0.2, -0.15) is 0 Å². The summed E-state index contributed by atoms with van der Waals surface area (Å²) in [5.74, 6) is 0. The van der Waals surface area contributed by atoms with E-state index in [0.717, 1.165) is 6.54 Å². The Hall–Kier alpha value is -1.08. The fourth-order valence-corrected chi connectivity index (χ4v) is 6.96. The third kappa shape index (κ3) is 31.5. The molecule has 0 atom stereocenters. The molecule has 1 heteroatoms. The van der Waals surface area contributed by atoms with Crippen molar-refractivity contribution < 1.29 is 0 Å². The second-order valence-corrected chi connectivity index (χ2v) is 14.7. The van der Waals surface area contributed by atoms with Crippen LogP contribution in [0.2, 0.25) is 0 Å². The molecular weight excluding hydrogens is 555 g/mol. The van der Waals surface area contributed by atoms with Crippen LogP contribution in [0.1, 0.15) is 225 Å². The molecule has 46 heavy (non-hydrogen) atoms. The van der Waals surface area contributed by atoms with Crippen molar-refractivity contribution in [1.29, 1.82) is 0 Å². The number of hydrogen-bond acceptors (Lipinski definition) is 1. The van der Waals surface area contributed by atoms with Crippen molar-refractivity contribution in [1.82, 2.24) is 4.90 Å². The van der Waals surface area contributed by atoms with Gasteiger partial charge in [0.15, 0.2) is 0 Å². The van der Waals surface area contributed by atoms with Crippen LogP contribution in [-0.2, 0) is 0 Å². The van der Waals surface area contributed by atoms with Crippen LogP contribution in [0.25, 0.3) is 6.08 Å². The van der Waals surface area contributed by atoms with Crippen LogP contribution in [0.4, 0.5) is 0 Å². The number of rotatable bonds is 37. The van der Waals surface area contributed by atoms with Crippen molar-refractivity contribution in [3.8, 4) is 0 Å². The minimum absolute atomic E-state index is 1.10. The van der Waals surface area contributed by atoms with E-state index in [4.69, 9.17) is 0 Å². The van der Waals surface area contributed by atoms with Gasteiger partial charge in [0.05, 0.1) is 0 Å². The summed E-state index contributed by atoms with van der Waals surface area (Å²) in [6.07, 6.45) is 51.0. The van der Waals surface area contributed by atoms with Gasteiger partial charge < -0.3 is 0 Å². The quantitative estimate of drug-likeness (QED) is 0.0656. The Morgan fingerprint density at radius 2 is 0.652 bits per heavy atom. The second kappa shape index (κ2) is 36.8. The van der Waals surface area contributed by atoms with E-state index in [1.807, 2.05) is 0 Å². The lowest BCUT2D eigenvalue weighted by Crippen LogP contribution is -2.26. The summed E-state index contributed by atoms with van der Waals surface area (Å²) >= 11 is 0. The lowest BCUT2D eigenvalue weighted by atomic mass is 10.0. The molecule has 0 saturated carbocycles. The largest absolute Gasteiger partial charge is 0.300 e. The van der Waals surface area contributed by atoms with Crippen LogP contribution >= 0.6 is 0 Å². The molecule has 0 aliphatic carbocycles. The van der Waals surface area contributed by atoms with E-state index in [-0.39, 0.29) is 0 Å². The molecule has 1 aromatic rings. The Balaban J connectivity index is 2.04. The van der Waals surface area contributed by atoms with Crippen LogP contribution in [0.15, 0.2) is 36.4 Å². The molecule has 0 aromatic heterocycles. The highest BCUT2D eigenvalue weighted by molar-refractivity contribution is 5.48. The van der Waals surface area contributed by atoms with Gasteiger partial charge in [0, 0.05) is 6.54 Å². The first-order chi connectivity index (χ1) is 22.9. The maximum Gasteiger partial charge on any atom is 0.0166 e. The zero-order valence-electron chi connectivity index (χ0n) is 31.7. The average molecular weight is 638 g/mol. The van der Waals surface area contributed by atoms with Gasteiger partial charge in [-0.3, -0.25) is 4.90 Å². The highest BCUT2D eigenvalue weighted by Crippen LogP contribution is 2.16. The van der Waals surface area contributed by atoms with Crippen LogP contribution in [0.5, 0.6) is 0 Å². The van der Waals surface area contributed by atoms with E-state index in [1.54, 1.807) is 0 Å². The van der Waals surface area contributed by atoms with E-state index in [0.29, 0.717) is 0 Å². The molecule has 0 aliphatic rings. The standard InChI is InChI=1S/C45H83N/c1-3-5-7-9-11-13-15-17-19-21-23-25-27-29-31-36-42-46(44-38-41-45-39-34-33-35-40-45)43-37-32-30-28-26-24-22-20-18-16-14-12-10-8-6-4-2/h33-35,38-41H,3-32,36-37,42-44H2,1-2H3. The summed E-state index contributed by atoms with van der Waals surface area (Å²) in [6, 6.07) is 10.8. The molecule has 1 rings (SSSR count). The van der Waals surface area contributed by atoms with Gasteiger partial charge in [0.2, 0.25) is 0 Å². The summed E-state index contributed by atoms with van der Waals surface area (Å²) < 4.78 is 0. The molecule has 0 N–H and O–H groups in total. The van der Waals surface area contributed by atoms with E-state index in [9.17, 15) is 0 Å². The Morgan fingerprint density at radius 3 is 0.957 bits per heavy atom. The lowest BCUT2D eigenvalue weighted by molar-refractivity contribution is 0.286. The predicted octanol–water partition coefficient (Wildman–Crippen LogP) is 15.5. The Labute approximate surface area is 291 Å². The first kappa shape index (κ1) is 42.9. The fourth-order valence-electron chi connectivity index (χ4n) is 6.96. The van der Waals surface area contributed by atoms with Gasteiger partial charge in [-0.15, -0.1) is 0 Å². The highest BCUT2D eigenvalue weighted by Gasteiger charge is 2.04. The summed E-state index contributed by atoms with van der Waals surface area (Å²) in [6.45, 7) is 8.27. The van der Waals surface area contributed by atoms with Gasteiger partial charge in [0.25, 0.3) is 0 Å². The summed E-state index contributed by atoms with van der Waals surface area (Å²) in [5, 5.41) is 0. The average Bonchev–Trinajstić information content (AvgIpc) is 3.08. The smallest absolute Gasteiger partial charge is 0.0166 e. The normalized spacial score (nSPS) is 11.8.